The molecule has 0 unspecified atom stereocenters. The molecule has 7 heteroatoms. The highest BCUT2D eigenvalue weighted by atomic mass is 19.1. The van der Waals surface area contributed by atoms with Gasteiger partial charge in [-0.1, -0.05) is 42.5 Å². The summed E-state index contributed by atoms with van der Waals surface area (Å²) in [5, 5.41) is 14.3. The topological polar surface area (TPSA) is 95.5 Å². The lowest BCUT2D eigenvalue weighted by molar-refractivity contribution is -0.137. The van der Waals surface area contributed by atoms with Gasteiger partial charge in [0.1, 0.15) is 5.82 Å². The van der Waals surface area contributed by atoms with Gasteiger partial charge in [-0.05, 0) is 73.2 Å². The number of halogens is 1. The van der Waals surface area contributed by atoms with Gasteiger partial charge in [-0.2, -0.15) is 0 Å². The molecule has 0 spiro atoms. The van der Waals surface area contributed by atoms with Gasteiger partial charge < -0.3 is 15.7 Å². The number of carbonyl (C=O) groups is 3. The summed E-state index contributed by atoms with van der Waals surface area (Å²) in [7, 11) is 0. The Balaban J connectivity index is 1.37. The Morgan fingerprint density at radius 2 is 1.31 bits per heavy atom. The Bertz CT molecular complexity index is 1200. The molecule has 0 saturated heterocycles. The molecule has 0 heterocycles. The van der Waals surface area contributed by atoms with Crippen LogP contribution < -0.4 is 10.6 Å². The number of aryl methyl sites for hydroxylation is 2. The van der Waals surface area contributed by atoms with Crippen LogP contribution in [0.2, 0.25) is 0 Å². The second kappa shape index (κ2) is 13.6. The van der Waals surface area contributed by atoms with Crippen LogP contribution in [0.15, 0.2) is 78.9 Å². The van der Waals surface area contributed by atoms with E-state index in [1.165, 1.54) is 18.2 Å². The highest BCUT2D eigenvalue weighted by Crippen LogP contribution is 2.15. The SMILES string of the molecule is O=C(O)CCCc1ccc(NC(=O)CCCc2ccc(NC(=O)C=Cc3ccccc3F)cc2)cc1. The average Bonchev–Trinajstić information content (AvgIpc) is 2.85. The summed E-state index contributed by atoms with van der Waals surface area (Å²) in [6, 6.07) is 21.1. The highest BCUT2D eigenvalue weighted by molar-refractivity contribution is 6.01. The molecule has 3 rings (SSSR count). The van der Waals surface area contributed by atoms with E-state index in [9.17, 15) is 18.8 Å². The van der Waals surface area contributed by atoms with E-state index in [0.29, 0.717) is 42.6 Å². The average molecular weight is 489 g/mol. The van der Waals surface area contributed by atoms with E-state index in [1.54, 1.807) is 30.3 Å². The molecule has 3 aromatic carbocycles. The summed E-state index contributed by atoms with van der Waals surface area (Å²) in [4.78, 5) is 34.9. The minimum absolute atomic E-state index is 0.0702. The molecular weight excluding hydrogens is 459 g/mol. The third kappa shape index (κ3) is 9.18. The summed E-state index contributed by atoms with van der Waals surface area (Å²) < 4.78 is 13.6. The largest absolute Gasteiger partial charge is 0.481 e. The zero-order valence-corrected chi connectivity index (χ0v) is 19.9. The van der Waals surface area contributed by atoms with E-state index >= 15 is 0 Å². The third-order valence-corrected chi connectivity index (χ3v) is 5.50. The first kappa shape index (κ1) is 26.3. The van der Waals surface area contributed by atoms with E-state index < -0.39 is 5.97 Å². The number of amides is 2. The number of carboxylic acid groups (broad SMARTS) is 1. The smallest absolute Gasteiger partial charge is 0.303 e. The summed E-state index contributed by atoms with van der Waals surface area (Å²) in [6.45, 7) is 0. The predicted octanol–water partition coefficient (Wildman–Crippen LogP) is 5.85. The van der Waals surface area contributed by atoms with Crippen LogP contribution in [-0.4, -0.2) is 22.9 Å². The van der Waals surface area contributed by atoms with E-state index in [0.717, 1.165) is 17.5 Å². The van der Waals surface area contributed by atoms with E-state index in [2.05, 4.69) is 10.6 Å². The maximum Gasteiger partial charge on any atom is 0.303 e. The van der Waals surface area contributed by atoms with Crippen molar-refractivity contribution < 1.29 is 23.9 Å². The van der Waals surface area contributed by atoms with Crippen molar-refractivity contribution in [2.45, 2.75) is 38.5 Å². The number of aliphatic carboxylic acids is 1. The van der Waals surface area contributed by atoms with Gasteiger partial charge in [0.25, 0.3) is 0 Å². The lowest BCUT2D eigenvalue weighted by atomic mass is 10.1. The molecule has 3 N–H and O–H groups in total. The van der Waals surface area contributed by atoms with Crippen molar-refractivity contribution in [1.82, 2.24) is 0 Å². The standard InChI is InChI=1S/C29H29FN2O4/c30-26-8-2-1-7-23(26)15-20-28(34)32-25-18-11-21(12-19-25)5-3-9-27(33)31-24-16-13-22(14-17-24)6-4-10-29(35)36/h1-2,7-8,11-20H,3-6,9-10H2,(H,31,33)(H,32,34)(H,35,36). The first-order chi connectivity index (χ1) is 17.4. The molecule has 2 amide bonds. The molecule has 0 aliphatic rings. The Morgan fingerprint density at radius 3 is 1.89 bits per heavy atom. The van der Waals surface area contributed by atoms with Gasteiger partial charge in [-0.25, -0.2) is 4.39 Å². The molecule has 36 heavy (non-hydrogen) atoms. The highest BCUT2D eigenvalue weighted by Gasteiger charge is 2.05. The molecule has 0 fully saturated rings. The fraction of sp³-hybridized carbons (Fsp3) is 0.207. The van der Waals surface area contributed by atoms with Crippen molar-refractivity contribution in [1.29, 1.82) is 0 Å². The molecule has 0 atom stereocenters. The zero-order chi connectivity index (χ0) is 25.8. The summed E-state index contributed by atoms with van der Waals surface area (Å²) in [5.41, 5.74) is 3.78. The van der Waals surface area contributed by atoms with Crippen LogP contribution in [0.3, 0.4) is 0 Å². The van der Waals surface area contributed by atoms with Gasteiger partial charge >= 0.3 is 5.97 Å². The maximum absolute atomic E-state index is 13.6. The van der Waals surface area contributed by atoms with Gasteiger partial charge in [-0.3, -0.25) is 14.4 Å². The fourth-order valence-electron chi connectivity index (χ4n) is 3.59. The normalized spacial score (nSPS) is 10.8. The van der Waals surface area contributed by atoms with Crippen LogP contribution in [0, 0.1) is 5.82 Å². The van der Waals surface area contributed by atoms with Crippen molar-refractivity contribution in [2.75, 3.05) is 10.6 Å². The Hall–Kier alpha value is -4.26. The number of carboxylic acids is 1. The second-order valence-corrected chi connectivity index (χ2v) is 8.39. The molecule has 0 bridgehead atoms. The molecule has 0 aliphatic carbocycles. The van der Waals surface area contributed by atoms with E-state index in [1.807, 2.05) is 36.4 Å². The Labute approximate surface area is 209 Å². The maximum atomic E-state index is 13.6. The van der Waals surface area contributed by atoms with Crippen LogP contribution in [0.25, 0.3) is 6.08 Å². The van der Waals surface area contributed by atoms with Crippen molar-refractivity contribution >= 4 is 35.2 Å². The third-order valence-electron chi connectivity index (χ3n) is 5.50. The Kier molecular flexibility index (Phi) is 9.94. The minimum Gasteiger partial charge on any atom is -0.481 e. The van der Waals surface area contributed by atoms with Gasteiger partial charge in [0, 0.05) is 35.9 Å². The minimum atomic E-state index is -0.799. The summed E-state index contributed by atoms with van der Waals surface area (Å²) in [6.07, 6.45) is 5.91. The molecule has 186 valence electrons. The van der Waals surface area contributed by atoms with Gasteiger partial charge in [0.05, 0.1) is 0 Å². The molecule has 0 aromatic heterocycles. The number of carbonyl (C=O) groups excluding carboxylic acids is 2. The molecule has 3 aromatic rings. The van der Waals surface area contributed by atoms with Crippen LogP contribution in [0.5, 0.6) is 0 Å². The summed E-state index contributed by atoms with van der Waals surface area (Å²) >= 11 is 0. The van der Waals surface area contributed by atoms with Crippen LogP contribution in [-0.2, 0) is 27.2 Å². The molecule has 0 radical (unpaired) electrons. The van der Waals surface area contributed by atoms with E-state index in [-0.39, 0.29) is 24.1 Å². The monoisotopic (exact) mass is 488 g/mol. The summed E-state index contributed by atoms with van der Waals surface area (Å²) in [5.74, 6) is -1.61. The number of benzene rings is 3. The lowest BCUT2D eigenvalue weighted by Gasteiger charge is -2.07. The molecule has 0 aliphatic heterocycles. The number of anilines is 2. The zero-order valence-electron chi connectivity index (χ0n) is 19.9. The van der Waals surface area contributed by atoms with Crippen molar-refractivity contribution in [3.63, 3.8) is 0 Å². The van der Waals surface area contributed by atoms with Crippen LogP contribution in [0.4, 0.5) is 15.8 Å². The van der Waals surface area contributed by atoms with Crippen LogP contribution >= 0.6 is 0 Å². The second-order valence-electron chi connectivity index (χ2n) is 8.39. The van der Waals surface area contributed by atoms with Gasteiger partial charge in [0.15, 0.2) is 0 Å². The van der Waals surface area contributed by atoms with Gasteiger partial charge in [-0.15, -0.1) is 0 Å². The number of rotatable bonds is 12. The number of hydrogen-bond donors (Lipinski definition) is 3. The fourth-order valence-corrected chi connectivity index (χ4v) is 3.59. The first-order valence-electron chi connectivity index (χ1n) is 11.8. The Morgan fingerprint density at radius 1 is 0.750 bits per heavy atom. The van der Waals surface area contributed by atoms with Gasteiger partial charge in [0.2, 0.25) is 11.8 Å². The number of nitrogens with one attached hydrogen (secondary N) is 2. The molecule has 6 nitrogen and oxygen atoms in total. The van der Waals surface area contributed by atoms with Crippen molar-refractivity contribution in [2.24, 2.45) is 0 Å². The molecular formula is C29H29FN2O4. The first-order valence-corrected chi connectivity index (χ1v) is 11.8. The van der Waals surface area contributed by atoms with Crippen LogP contribution in [0.1, 0.15) is 42.4 Å². The molecule has 0 saturated carbocycles. The predicted molar refractivity (Wildman–Crippen MR) is 139 cm³/mol. The lowest BCUT2D eigenvalue weighted by Crippen LogP contribution is -2.11. The van der Waals surface area contributed by atoms with E-state index in [4.69, 9.17) is 5.11 Å². The van der Waals surface area contributed by atoms with Crippen molar-refractivity contribution in [3.8, 4) is 0 Å². The quantitative estimate of drug-likeness (QED) is 0.279. The number of hydrogen-bond acceptors (Lipinski definition) is 3. The van der Waals surface area contributed by atoms with Crippen molar-refractivity contribution in [3.05, 3.63) is 101 Å².